The lowest BCUT2D eigenvalue weighted by Gasteiger charge is -2.18. The van der Waals surface area contributed by atoms with E-state index in [1.807, 2.05) is 7.05 Å². The zero-order chi connectivity index (χ0) is 31.2. The summed E-state index contributed by atoms with van der Waals surface area (Å²) in [7, 11) is 2.03. The topological polar surface area (TPSA) is 21.3 Å². The van der Waals surface area contributed by atoms with Gasteiger partial charge in [-0.05, 0) is 97.1 Å². The van der Waals surface area contributed by atoms with Crippen LogP contribution in [0.1, 0.15) is 187 Å². The van der Waals surface area contributed by atoms with Crippen LogP contribution in [0.2, 0.25) is 0 Å². The SMILES string of the molecule is CCCCC/C=C\C/C=C\CCCCCCCCC(CCCCCCCC/C=C\C/C=C\CCCCC)OCCCNC. The van der Waals surface area contributed by atoms with Crippen LogP contribution < -0.4 is 5.32 Å². The van der Waals surface area contributed by atoms with Crippen molar-refractivity contribution >= 4 is 0 Å². The van der Waals surface area contributed by atoms with E-state index in [9.17, 15) is 0 Å². The largest absolute Gasteiger partial charge is 0.378 e. The summed E-state index contributed by atoms with van der Waals surface area (Å²) in [6.45, 7) is 6.51. The fraction of sp³-hybridized carbons (Fsp3) is 0.805. The van der Waals surface area contributed by atoms with Crippen molar-refractivity contribution in [3.63, 3.8) is 0 Å². The van der Waals surface area contributed by atoms with Gasteiger partial charge in [-0.25, -0.2) is 0 Å². The van der Waals surface area contributed by atoms with Crippen LogP contribution in [0.5, 0.6) is 0 Å². The summed E-state index contributed by atoms with van der Waals surface area (Å²) in [5.74, 6) is 0. The summed E-state index contributed by atoms with van der Waals surface area (Å²) in [5, 5.41) is 3.25. The third-order valence-corrected chi connectivity index (χ3v) is 8.38. The number of hydrogen-bond donors (Lipinski definition) is 1. The molecular weight excluding hydrogens is 522 g/mol. The summed E-state index contributed by atoms with van der Waals surface area (Å²) in [6, 6.07) is 0. The molecule has 1 N–H and O–H groups in total. The highest BCUT2D eigenvalue weighted by Crippen LogP contribution is 2.17. The molecule has 0 aromatic heterocycles. The van der Waals surface area contributed by atoms with Crippen LogP contribution in [0.25, 0.3) is 0 Å². The molecule has 0 aliphatic rings. The Kier molecular flexibility index (Phi) is 37.9. The molecule has 0 saturated heterocycles. The molecule has 0 atom stereocenters. The van der Waals surface area contributed by atoms with E-state index in [0.717, 1.165) is 32.4 Å². The van der Waals surface area contributed by atoms with E-state index in [1.165, 1.54) is 154 Å². The average Bonchev–Trinajstić information content (AvgIpc) is 3.02. The molecule has 2 heteroatoms. The van der Waals surface area contributed by atoms with Gasteiger partial charge in [-0.15, -0.1) is 0 Å². The highest BCUT2D eigenvalue weighted by molar-refractivity contribution is 4.93. The smallest absolute Gasteiger partial charge is 0.0575 e. The Morgan fingerprint density at radius 2 is 0.814 bits per heavy atom. The van der Waals surface area contributed by atoms with E-state index < -0.39 is 0 Å². The van der Waals surface area contributed by atoms with Gasteiger partial charge >= 0.3 is 0 Å². The lowest BCUT2D eigenvalue weighted by atomic mass is 10.0. The van der Waals surface area contributed by atoms with E-state index >= 15 is 0 Å². The number of hydrogen-bond acceptors (Lipinski definition) is 2. The second-order valence-corrected chi connectivity index (χ2v) is 12.7. The second kappa shape index (κ2) is 38.9. The fourth-order valence-corrected chi connectivity index (χ4v) is 5.53. The molecule has 0 aliphatic carbocycles. The quantitative estimate of drug-likeness (QED) is 0.0578. The molecule has 0 radical (unpaired) electrons. The number of rotatable bonds is 35. The van der Waals surface area contributed by atoms with Crippen molar-refractivity contribution < 1.29 is 4.74 Å². The minimum atomic E-state index is 0.480. The van der Waals surface area contributed by atoms with Crippen LogP contribution in [-0.2, 0) is 4.74 Å². The lowest BCUT2D eigenvalue weighted by molar-refractivity contribution is 0.0370. The van der Waals surface area contributed by atoms with E-state index in [4.69, 9.17) is 4.74 Å². The van der Waals surface area contributed by atoms with E-state index in [2.05, 4.69) is 67.8 Å². The van der Waals surface area contributed by atoms with Gasteiger partial charge in [-0.1, -0.05) is 152 Å². The van der Waals surface area contributed by atoms with Crippen LogP contribution in [0.4, 0.5) is 0 Å². The third kappa shape index (κ3) is 37.0. The molecule has 0 amide bonds. The van der Waals surface area contributed by atoms with Gasteiger partial charge in [-0.3, -0.25) is 0 Å². The monoisotopic (exact) mass is 600 g/mol. The zero-order valence-corrected chi connectivity index (χ0v) is 29.6. The van der Waals surface area contributed by atoms with E-state index in [0.29, 0.717) is 6.10 Å². The summed E-state index contributed by atoms with van der Waals surface area (Å²) in [5.41, 5.74) is 0. The van der Waals surface area contributed by atoms with Crippen molar-refractivity contribution in [1.82, 2.24) is 5.32 Å². The fourth-order valence-electron chi connectivity index (χ4n) is 5.53. The molecule has 0 bridgehead atoms. The maximum atomic E-state index is 6.33. The van der Waals surface area contributed by atoms with Crippen LogP contribution in [0.3, 0.4) is 0 Å². The first-order valence-electron chi connectivity index (χ1n) is 19.2. The first-order valence-corrected chi connectivity index (χ1v) is 19.2. The Morgan fingerprint density at radius 3 is 1.21 bits per heavy atom. The summed E-state index contributed by atoms with van der Waals surface area (Å²) < 4.78 is 6.33. The lowest BCUT2D eigenvalue weighted by Crippen LogP contribution is -2.17. The van der Waals surface area contributed by atoms with Crippen LogP contribution in [-0.4, -0.2) is 26.3 Å². The number of nitrogens with one attached hydrogen (secondary N) is 1. The molecule has 0 aromatic carbocycles. The van der Waals surface area contributed by atoms with Gasteiger partial charge in [0, 0.05) is 6.61 Å². The Bertz CT molecular complexity index is 571. The molecule has 0 unspecified atom stereocenters. The Hall–Kier alpha value is -1.12. The van der Waals surface area contributed by atoms with Gasteiger partial charge in [-0.2, -0.15) is 0 Å². The van der Waals surface area contributed by atoms with Crippen molar-refractivity contribution in [3.8, 4) is 0 Å². The Balaban J connectivity index is 3.76. The number of allylic oxidation sites excluding steroid dienone is 8. The molecule has 0 aliphatic heterocycles. The molecule has 0 heterocycles. The van der Waals surface area contributed by atoms with Crippen molar-refractivity contribution in [2.45, 2.75) is 193 Å². The molecule has 252 valence electrons. The molecule has 0 rings (SSSR count). The maximum Gasteiger partial charge on any atom is 0.0575 e. The molecule has 0 saturated carbocycles. The Labute approximate surface area is 271 Å². The van der Waals surface area contributed by atoms with Crippen LogP contribution >= 0.6 is 0 Å². The zero-order valence-electron chi connectivity index (χ0n) is 29.6. The first-order chi connectivity index (χ1) is 21.3. The molecule has 0 aromatic rings. The van der Waals surface area contributed by atoms with Gasteiger partial charge in [0.2, 0.25) is 0 Å². The highest BCUT2D eigenvalue weighted by Gasteiger charge is 2.09. The van der Waals surface area contributed by atoms with Crippen molar-refractivity contribution in [3.05, 3.63) is 48.6 Å². The minimum Gasteiger partial charge on any atom is -0.378 e. The Morgan fingerprint density at radius 1 is 0.442 bits per heavy atom. The number of ether oxygens (including phenoxy) is 1. The van der Waals surface area contributed by atoms with Crippen molar-refractivity contribution in [1.29, 1.82) is 0 Å². The van der Waals surface area contributed by atoms with Crippen molar-refractivity contribution in [2.24, 2.45) is 0 Å². The van der Waals surface area contributed by atoms with E-state index in [-0.39, 0.29) is 0 Å². The van der Waals surface area contributed by atoms with Crippen molar-refractivity contribution in [2.75, 3.05) is 20.2 Å². The highest BCUT2D eigenvalue weighted by atomic mass is 16.5. The average molecular weight is 600 g/mol. The summed E-state index contributed by atoms with van der Waals surface area (Å²) >= 11 is 0. The predicted molar refractivity (Wildman–Crippen MR) is 196 cm³/mol. The normalized spacial score (nSPS) is 12.5. The van der Waals surface area contributed by atoms with Gasteiger partial charge in [0.15, 0.2) is 0 Å². The standard InChI is InChI=1S/C41H77NO/c1-4-6-8-10-12-14-16-18-20-22-24-26-28-30-32-34-37-41(43-40-36-39-42-3)38-35-33-31-29-27-25-23-21-19-17-15-13-11-9-7-5-2/h12-15,18-21,41-42H,4-11,16-17,22-40H2,1-3H3/b14-12-,15-13-,20-18-,21-19-. The second-order valence-electron chi connectivity index (χ2n) is 12.7. The van der Waals surface area contributed by atoms with Gasteiger partial charge < -0.3 is 10.1 Å². The predicted octanol–water partition coefficient (Wildman–Crippen LogP) is 13.4. The van der Waals surface area contributed by atoms with E-state index in [1.54, 1.807) is 0 Å². The summed E-state index contributed by atoms with van der Waals surface area (Å²) in [6.07, 6.45) is 54.7. The molecule has 0 fully saturated rings. The minimum absolute atomic E-state index is 0.480. The maximum absolute atomic E-state index is 6.33. The van der Waals surface area contributed by atoms with Crippen LogP contribution in [0, 0.1) is 0 Å². The van der Waals surface area contributed by atoms with Gasteiger partial charge in [0.1, 0.15) is 0 Å². The molecular formula is C41H77NO. The summed E-state index contributed by atoms with van der Waals surface area (Å²) in [4.78, 5) is 0. The molecule has 43 heavy (non-hydrogen) atoms. The first kappa shape index (κ1) is 41.9. The van der Waals surface area contributed by atoms with Crippen LogP contribution in [0.15, 0.2) is 48.6 Å². The van der Waals surface area contributed by atoms with Gasteiger partial charge in [0.25, 0.3) is 0 Å². The number of unbranched alkanes of at least 4 members (excludes halogenated alkanes) is 18. The molecule has 0 spiro atoms. The third-order valence-electron chi connectivity index (χ3n) is 8.38. The molecule has 2 nitrogen and oxygen atoms in total. The van der Waals surface area contributed by atoms with Gasteiger partial charge in [0.05, 0.1) is 6.10 Å².